The van der Waals surface area contributed by atoms with Crippen LogP contribution in [-0.2, 0) is 0 Å². The van der Waals surface area contributed by atoms with Gasteiger partial charge in [0.05, 0.1) is 13.2 Å². The van der Waals surface area contributed by atoms with Crippen LogP contribution >= 0.6 is 11.3 Å². The first-order chi connectivity index (χ1) is 8.76. The van der Waals surface area contributed by atoms with Gasteiger partial charge in [-0.1, -0.05) is 13.0 Å². The molecule has 0 fully saturated rings. The first-order valence-corrected chi connectivity index (χ1v) is 7.10. The Kier molecular flexibility index (Phi) is 4.39. The van der Waals surface area contributed by atoms with Crippen molar-refractivity contribution >= 4 is 11.3 Å². The van der Waals surface area contributed by atoms with Crippen LogP contribution in [0.1, 0.15) is 29.7 Å². The van der Waals surface area contributed by atoms with Crippen LogP contribution in [-0.4, -0.2) is 13.7 Å². The molecule has 1 heterocycles. The predicted octanol–water partition coefficient (Wildman–Crippen LogP) is 3.76. The van der Waals surface area contributed by atoms with Crippen LogP contribution in [0.15, 0.2) is 35.0 Å². The molecule has 0 spiro atoms. The van der Waals surface area contributed by atoms with E-state index in [0.717, 1.165) is 12.3 Å². The molecule has 3 heteroatoms. The Labute approximate surface area is 113 Å². The van der Waals surface area contributed by atoms with Gasteiger partial charge in [-0.15, -0.1) is 0 Å². The Bertz CT molecular complexity index is 493. The van der Waals surface area contributed by atoms with Gasteiger partial charge < -0.3 is 10.1 Å². The molecule has 1 atom stereocenters. The average Bonchev–Trinajstić information content (AvgIpc) is 2.90. The highest BCUT2D eigenvalue weighted by Gasteiger charge is 2.15. The van der Waals surface area contributed by atoms with E-state index >= 15 is 0 Å². The van der Waals surface area contributed by atoms with Crippen molar-refractivity contribution in [3.05, 3.63) is 51.7 Å². The van der Waals surface area contributed by atoms with Gasteiger partial charge in [0.25, 0.3) is 0 Å². The molecule has 2 aromatic rings. The Hall–Kier alpha value is -1.32. The number of hydrogen-bond acceptors (Lipinski definition) is 3. The third-order valence-electron chi connectivity index (χ3n) is 3.07. The third-order valence-corrected chi connectivity index (χ3v) is 3.77. The maximum atomic E-state index is 5.26. The highest BCUT2D eigenvalue weighted by atomic mass is 32.1. The van der Waals surface area contributed by atoms with Gasteiger partial charge in [-0.25, -0.2) is 0 Å². The Morgan fingerprint density at radius 1 is 1.33 bits per heavy atom. The Morgan fingerprint density at radius 3 is 2.72 bits per heavy atom. The second-order valence-corrected chi connectivity index (χ2v) is 5.05. The maximum Gasteiger partial charge on any atom is 0.119 e. The van der Waals surface area contributed by atoms with Crippen LogP contribution in [0.5, 0.6) is 5.75 Å². The number of thiophene rings is 1. The van der Waals surface area contributed by atoms with E-state index < -0.39 is 0 Å². The summed E-state index contributed by atoms with van der Waals surface area (Å²) in [6.07, 6.45) is 0. The minimum absolute atomic E-state index is 0.271. The van der Waals surface area contributed by atoms with E-state index in [4.69, 9.17) is 4.74 Å². The molecule has 0 bridgehead atoms. The number of ether oxygens (including phenoxy) is 1. The van der Waals surface area contributed by atoms with Crippen molar-refractivity contribution in [3.63, 3.8) is 0 Å². The van der Waals surface area contributed by atoms with Gasteiger partial charge in [-0.2, -0.15) is 11.3 Å². The summed E-state index contributed by atoms with van der Waals surface area (Å²) in [5.41, 5.74) is 3.90. The zero-order valence-electron chi connectivity index (χ0n) is 11.1. The van der Waals surface area contributed by atoms with E-state index in [1.807, 2.05) is 6.07 Å². The summed E-state index contributed by atoms with van der Waals surface area (Å²) in [6, 6.07) is 8.72. The zero-order valence-corrected chi connectivity index (χ0v) is 11.9. The quantitative estimate of drug-likeness (QED) is 0.884. The van der Waals surface area contributed by atoms with Crippen LogP contribution in [0, 0.1) is 6.92 Å². The van der Waals surface area contributed by atoms with Crippen molar-refractivity contribution in [2.24, 2.45) is 0 Å². The Balaban J connectivity index is 2.37. The van der Waals surface area contributed by atoms with E-state index in [1.54, 1.807) is 18.4 Å². The molecule has 2 nitrogen and oxygen atoms in total. The largest absolute Gasteiger partial charge is 0.497 e. The lowest BCUT2D eigenvalue weighted by atomic mass is 9.96. The third kappa shape index (κ3) is 2.74. The topological polar surface area (TPSA) is 21.3 Å². The summed E-state index contributed by atoms with van der Waals surface area (Å²) < 4.78 is 5.26. The first kappa shape index (κ1) is 13.1. The highest BCUT2D eigenvalue weighted by Crippen LogP contribution is 2.28. The summed E-state index contributed by atoms with van der Waals surface area (Å²) in [7, 11) is 1.70. The minimum Gasteiger partial charge on any atom is -0.497 e. The summed E-state index contributed by atoms with van der Waals surface area (Å²) >= 11 is 1.74. The monoisotopic (exact) mass is 261 g/mol. The van der Waals surface area contributed by atoms with Gasteiger partial charge in [0.2, 0.25) is 0 Å². The normalized spacial score (nSPS) is 12.4. The lowest BCUT2D eigenvalue weighted by Crippen LogP contribution is -2.22. The van der Waals surface area contributed by atoms with E-state index in [9.17, 15) is 0 Å². The standard InChI is InChI=1S/C15H19NOS/c1-4-16-15(12-7-8-18-10-12)14-6-5-13(17-3)9-11(14)2/h5-10,15-16H,4H2,1-3H3. The summed E-state index contributed by atoms with van der Waals surface area (Å²) in [5, 5.41) is 7.87. The van der Waals surface area contributed by atoms with Gasteiger partial charge in [-0.3, -0.25) is 0 Å². The fraction of sp³-hybridized carbons (Fsp3) is 0.333. The fourth-order valence-electron chi connectivity index (χ4n) is 2.15. The zero-order chi connectivity index (χ0) is 13.0. The van der Waals surface area contributed by atoms with E-state index in [1.165, 1.54) is 16.7 Å². The highest BCUT2D eigenvalue weighted by molar-refractivity contribution is 7.08. The van der Waals surface area contributed by atoms with E-state index in [0.29, 0.717) is 0 Å². The smallest absolute Gasteiger partial charge is 0.119 e. The second-order valence-electron chi connectivity index (χ2n) is 4.27. The van der Waals surface area contributed by atoms with Crippen molar-refractivity contribution in [1.29, 1.82) is 0 Å². The van der Waals surface area contributed by atoms with Crippen molar-refractivity contribution < 1.29 is 4.74 Å². The molecule has 0 radical (unpaired) electrons. The fourth-order valence-corrected chi connectivity index (χ4v) is 2.84. The average molecular weight is 261 g/mol. The van der Waals surface area contributed by atoms with Crippen molar-refractivity contribution in [2.45, 2.75) is 19.9 Å². The molecule has 2 rings (SSSR count). The van der Waals surface area contributed by atoms with Gasteiger partial charge in [0.1, 0.15) is 5.75 Å². The molecule has 1 aromatic heterocycles. The summed E-state index contributed by atoms with van der Waals surface area (Å²) in [4.78, 5) is 0. The lowest BCUT2D eigenvalue weighted by Gasteiger charge is -2.20. The number of aryl methyl sites for hydroxylation is 1. The first-order valence-electron chi connectivity index (χ1n) is 6.16. The molecule has 0 aliphatic heterocycles. The van der Waals surface area contributed by atoms with E-state index in [2.05, 4.69) is 48.1 Å². The SMILES string of the molecule is CCNC(c1ccsc1)c1ccc(OC)cc1C. The predicted molar refractivity (Wildman–Crippen MR) is 77.6 cm³/mol. The molecule has 0 saturated heterocycles. The molecule has 1 unspecified atom stereocenters. The second kappa shape index (κ2) is 6.03. The molecule has 0 saturated carbocycles. The van der Waals surface area contributed by atoms with Gasteiger partial charge >= 0.3 is 0 Å². The molecule has 0 aliphatic carbocycles. The number of rotatable bonds is 5. The molecule has 1 N–H and O–H groups in total. The molecule has 18 heavy (non-hydrogen) atoms. The van der Waals surface area contributed by atoms with Crippen LogP contribution in [0.4, 0.5) is 0 Å². The molecule has 1 aromatic carbocycles. The molecule has 96 valence electrons. The van der Waals surface area contributed by atoms with Crippen LogP contribution in [0.3, 0.4) is 0 Å². The summed E-state index contributed by atoms with van der Waals surface area (Å²) in [6.45, 7) is 5.22. The van der Waals surface area contributed by atoms with E-state index in [-0.39, 0.29) is 6.04 Å². The van der Waals surface area contributed by atoms with Crippen molar-refractivity contribution in [2.75, 3.05) is 13.7 Å². The number of methoxy groups -OCH3 is 1. The van der Waals surface area contributed by atoms with Crippen LogP contribution in [0.25, 0.3) is 0 Å². The maximum absolute atomic E-state index is 5.26. The van der Waals surface area contributed by atoms with Gasteiger partial charge in [0.15, 0.2) is 0 Å². The number of nitrogens with one attached hydrogen (secondary N) is 1. The molecular formula is C15H19NOS. The summed E-state index contributed by atoms with van der Waals surface area (Å²) in [5.74, 6) is 0.914. The van der Waals surface area contributed by atoms with Crippen LogP contribution in [0.2, 0.25) is 0 Å². The Morgan fingerprint density at radius 2 is 2.17 bits per heavy atom. The van der Waals surface area contributed by atoms with Gasteiger partial charge in [-0.05, 0) is 59.1 Å². The van der Waals surface area contributed by atoms with Gasteiger partial charge in [0, 0.05) is 0 Å². The van der Waals surface area contributed by atoms with Crippen molar-refractivity contribution in [1.82, 2.24) is 5.32 Å². The minimum atomic E-state index is 0.271. The number of hydrogen-bond donors (Lipinski definition) is 1. The lowest BCUT2D eigenvalue weighted by molar-refractivity contribution is 0.414. The molecule has 0 aliphatic rings. The number of benzene rings is 1. The van der Waals surface area contributed by atoms with Crippen LogP contribution < -0.4 is 10.1 Å². The molecule has 0 amide bonds. The molecular weight excluding hydrogens is 242 g/mol. The van der Waals surface area contributed by atoms with Crippen molar-refractivity contribution in [3.8, 4) is 5.75 Å².